The van der Waals surface area contributed by atoms with Crippen LogP contribution in [0.4, 0.5) is 0 Å². The number of hydrogen-bond donors (Lipinski definition) is 0. The molecule has 5 nitrogen and oxygen atoms in total. The first-order valence-electron chi connectivity index (χ1n) is 10.9. The highest BCUT2D eigenvalue weighted by Gasteiger charge is 2.17. The summed E-state index contributed by atoms with van der Waals surface area (Å²) < 4.78 is 47.2. The summed E-state index contributed by atoms with van der Waals surface area (Å²) in [5.41, 5.74) is 6.48. The maximum Gasteiger partial charge on any atom is 0.151 e. The smallest absolute Gasteiger partial charge is 0.151 e. The Balaban J connectivity index is 1.75. The van der Waals surface area contributed by atoms with Crippen LogP contribution in [0.1, 0.15) is 18.1 Å². The standard InChI is InChI=1S/C27H27NO4S2/c1-19(34(3,31)32)14-21-15-25-8-5-13-28-27(25)26(16-21)24-7-4-6-23(17-24)22-11-9-20(10-12-22)18-33(2,29)30/h4-13,15-17,19H,14,18H2,1-3H3. The van der Waals surface area contributed by atoms with Crippen molar-refractivity contribution in [2.75, 3.05) is 12.5 Å². The van der Waals surface area contributed by atoms with Crippen LogP contribution in [0, 0.1) is 0 Å². The van der Waals surface area contributed by atoms with Crippen molar-refractivity contribution in [3.8, 4) is 22.3 Å². The molecule has 3 aromatic carbocycles. The second kappa shape index (κ2) is 9.31. The van der Waals surface area contributed by atoms with Gasteiger partial charge in [0.25, 0.3) is 0 Å². The second-order valence-corrected chi connectivity index (χ2v) is 13.5. The lowest BCUT2D eigenvalue weighted by Crippen LogP contribution is -2.18. The van der Waals surface area contributed by atoms with E-state index in [2.05, 4.69) is 11.1 Å². The highest BCUT2D eigenvalue weighted by molar-refractivity contribution is 7.91. The molecule has 176 valence electrons. The lowest BCUT2D eigenvalue weighted by atomic mass is 9.94. The predicted molar refractivity (Wildman–Crippen MR) is 139 cm³/mol. The molecule has 1 atom stereocenters. The summed E-state index contributed by atoms with van der Waals surface area (Å²) in [6.07, 6.45) is 4.69. The largest absolute Gasteiger partial charge is 0.256 e. The summed E-state index contributed by atoms with van der Waals surface area (Å²) in [4.78, 5) is 4.60. The minimum Gasteiger partial charge on any atom is -0.256 e. The van der Waals surface area contributed by atoms with Gasteiger partial charge in [0.15, 0.2) is 9.84 Å². The van der Waals surface area contributed by atoms with Crippen molar-refractivity contribution in [1.82, 2.24) is 4.98 Å². The molecule has 1 aromatic heterocycles. The number of benzene rings is 3. The molecule has 4 aromatic rings. The van der Waals surface area contributed by atoms with E-state index in [0.29, 0.717) is 6.42 Å². The molecule has 0 aliphatic carbocycles. The molecule has 0 aliphatic rings. The van der Waals surface area contributed by atoms with E-state index >= 15 is 0 Å². The number of aromatic nitrogens is 1. The maximum atomic E-state index is 12.0. The number of sulfone groups is 2. The molecule has 0 spiro atoms. The second-order valence-electron chi connectivity index (χ2n) is 8.91. The average Bonchev–Trinajstić information content (AvgIpc) is 2.77. The van der Waals surface area contributed by atoms with E-state index in [-0.39, 0.29) is 5.75 Å². The lowest BCUT2D eigenvalue weighted by Gasteiger charge is -2.14. The lowest BCUT2D eigenvalue weighted by molar-refractivity contribution is 0.588. The fourth-order valence-corrected chi connectivity index (χ4v) is 5.33. The van der Waals surface area contributed by atoms with E-state index in [1.165, 1.54) is 12.5 Å². The summed E-state index contributed by atoms with van der Waals surface area (Å²) >= 11 is 0. The SMILES string of the molecule is CC(Cc1cc(-c2cccc(-c3ccc(CS(C)(=O)=O)cc3)c2)c2ncccc2c1)S(C)(=O)=O. The van der Waals surface area contributed by atoms with Gasteiger partial charge < -0.3 is 0 Å². The molecule has 0 N–H and O–H groups in total. The number of rotatable bonds is 7. The Morgan fingerprint density at radius 3 is 2.15 bits per heavy atom. The molecule has 1 unspecified atom stereocenters. The van der Waals surface area contributed by atoms with Crippen LogP contribution in [0.3, 0.4) is 0 Å². The number of nitrogens with zero attached hydrogens (tertiary/aromatic N) is 1. The van der Waals surface area contributed by atoms with E-state index < -0.39 is 24.9 Å². The highest BCUT2D eigenvalue weighted by Crippen LogP contribution is 2.32. The van der Waals surface area contributed by atoms with Gasteiger partial charge in [0.05, 0.1) is 16.5 Å². The molecule has 0 saturated carbocycles. The Labute approximate surface area is 201 Å². The summed E-state index contributed by atoms with van der Waals surface area (Å²) in [5.74, 6) is 0.0175. The zero-order valence-electron chi connectivity index (χ0n) is 19.4. The van der Waals surface area contributed by atoms with Gasteiger partial charge in [0.2, 0.25) is 0 Å². The molecule has 7 heteroatoms. The first-order valence-corrected chi connectivity index (χ1v) is 14.9. The van der Waals surface area contributed by atoms with Gasteiger partial charge in [-0.3, -0.25) is 4.98 Å². The van der Waals surface area contributed by atoms with Crippen LogP contribution in [0.2, 0.25) is 0 Å². The minimum atomic E-state index is -3.14. The van der Waals surface area contributed by atoms with Crippen LogP contribution in [0.5, 0.6) is 0 Å². The quantitative estimate of drug-likeness (QED) is 0.358. The van der Waals surface area contributed by atoms with Crippen molar-refractivity contribution in [1.29, 1.82) is 0 Å². The van der Waals surface area contributed by atoms with Crippen LogP contribution >= 0.6 is 0 Å². The van der Waals surface area contributed by atoms with Crippen molar-refractivity contribution >= 4 is 30.6 Å². The zero-order chi connectivity index (χ0) is 24.5. The Hall–Kier alpha value is -3.03. The van der Waals surface area contributed by atoms with Gasteiger partial charge in [0.1, 0.15) is 9.84 Å². The van der Waals surface area contributed by atoms with Gasteiger partial charge in [-0.25, -0.2) is 16.8 Å². The van der Waals surface area contributed by atoms with Crippen LogP contribution in [-0.4, -0.2) is 39.6 Å². The Bertz CT molecular complexity index is 1560. The Morgan fingerprint density at radius 2 is 1.47 bits per heavy atom. The average molecular weight is 494 g/mol. The molecule has 4 rings (SSSR count). The zero-order valence-corrected chi connectivity index (χ0v) is 21.0. The van der Waals surface area contributed by atoms with E-state index in [0.717, 1.165) is 44.3 Å². The first-order chi connectivity index (χ1) is 16.0. The Morgan fingerprint density at radius 1 is 0.765 bits per heavy atom. The minimum absolute atomic E-state index is 0.0175. The van der Waals surface area contributed by atoms with E-state index in [1.54, 1.807) is 13.1 Å². The maximum absolute atomic E-state index is 12.0. The number of fused-ring (bicyclic) bond motifs is 1. The summed E-state index contributed by atoms with van der Waals surface area (Å²) in [6, 6.07) is 23.6. The normalized spacial score (nSPS) is 13.1. The third-order valence-electron chi connectivity index (χ3n) is 5.91. The molecule has 0 amide bonds. The molecule has 0 fully saturated rings. The first kappa shape index (κ1) is 24.1. The van der Waals surface area contributed by atoms with Crippen molar-refractivity contribution < 1.29 is 16.8 Å². The molecule has 0 radical (unpaired) electrons. The summed E-state index contributed by atoms with van der Waals surface area (Å²) in [6.45, 7) is 1.73. The monoisotopic (exact) mass is 493 g/mol. The van der Waals surface area contributed by atoms with Crippen molar-refractivity contribution in [3.05, 3.63) is 90.1 Å². The van der Waals surface area contributed by atoms with E-state index in [4.69, 9.17) is 0 Å². The molecule has 0 saturated heterocycles. The highest BCUT2D eigenvalue weighted by atomic mass is 32.2. The fourth-order valence-electron chi connectivity index (χ4n) is 4.04. The van der Waals surface area contributed by atoms with Gasteiger partial charge in [-0.2, -0.15) is 0 Å². The van der Waals surface area contributed by atoms with Crippen molar-refractivity contribution in [3.63, 3.8) is 0 Å². The van der Waals surface area contributed by atoms with Crippen molar-refractivity contribution in [2.45, 2.75) is 24.3 Å². The third-order valence-corrected chi connectivity index (χ3v) is 8.39. The van der Waals surface area contributed by atoms with Crippen LogP contribution in [0.15, 0.2) is 79.0 Å². The van der Waals surface area contributed by atoms with Crippen molar-refractivity contribution in [2.24, 2.45) is 0 Å². The van der Waals surface area contributed by atoms with E-state index in [9.17, 15) is 16.8 Å². The van der Waals surface area contributed by atoms with Gasteiger partial charge in [-0.05, 0) is 65.4 Å². The van der Waals surface area contributed by atoms with Gasteiger partial charge in [-0.1, -0.05) is 48.5 Å². The van der Waals surface area contributed by atoms with Crippen LogP contribution < -0.4 is 0 Å². The van der Waals surface area contributed by atoms with Crippen LogP contribution in [-0.2, 0) is 31.8 Å². The number of pyridine rings is 1. The van der Waals surface area contributed by atoms with Gasteiger partial charge in [-0.15, -0.1) is 0 Å². The number of hydrogen-bond acceptors (Lipinski definition) is 5. The Kier molecular flexibility index (Phi) is 6.60. The molecular formula is C27H27NO4S2. The molecule has 0 bridgehead atoms. The third kappa shape index (κ3) is 5.72. The molecular weight excluding hydrogens is 466 g/mol. The summed E-state index contributed by atoms with van der Waals surface area (Å²) in [5, 5.41) is 0.484. The molecule has 1 heterocycles. The van der Waals surface area contributed by atoms with Crippen LogP contribution in [0.25, 0.3) is 33.2 Å². The van der Waals surface area contributed by atoms with Gasteiger partial charge in [0, 0.05) is 29.7 Å². The van der Waals surface area contributed by atoms with E-state index in [1.807, 2.05) is 66.7 Å². The predicted octanol–water partition coefficient (Wildman–Crippen LogP) is 5.09. The summed E-state index contributed by atoms with van der Waals surface area (Å²) in [7, 11) is -6.23. The van der Waals surface area contributed by atoms with Gasteiger partial charge >= 0.3 is 0 Å². The topological polar surface area (TPSA) is 81.2 Å². The fraction of sp³-hybridized carbons (Fsp3) is 0.222. The molecule has 0 aliphatic heterocycles. The molecule has 34 heavy (non-hydrogen) atoms.